The summed E-state index contributed by atoms with van der Waals surface area (Å²) in [5, 5.41) is 0.465. The Labute approximate surface area is 175 Å². The zero-order valence-corrected chi connectivity index (χ0v) is 17.8. The molecule has 0 unspecified atom stereocenters. The van der Waals surface area contributed by atoms with Crippen molar-refractivity contribution in [1.82, 2.24) is 9.96 Å². The number of carbonyl (C=O) groups excluding carboxylic acids is 5. The van der Waals surface area contributed by atoms with Crippen molar-refractivity contribution in [1.29, 1.82) is 0 Å². The lowest BCUT2D eigenvalue weighted by Crippen LogP contribution is -2.44. The molecule has 2 heterocycles. The lowest BCUT2D eigenvalue weighted by atomic mass is 10.1. The third kappa shape index (κ3) is 5.88. The topological polar surface area (TPSA) is 120 Å². The van der Waals surface area contributed by atoms with Gasteiger partial charge in [0.05, 0.1) is 6.61 Å². The number of hydrogen-bond acceptors (Lipinski definition) is 8. The minimum absolute atomic E-state index is 0.00330. The Balaban J connectivity index is 1.80. The second-order valence-electron chi connectivity index (χ2n) is 8.35. The Bertz CT molecular complexity index is 739. The lowest BCUT2D eigenvalue weighted by molar-refractivity contribution is -0.212. The SMILES string of the molecule is C=C1CCC(=O)N1CC(=O)OC(C)(C)CCOC(C)(C)C(=O)ON1C(=O)CCC1=O. The van der Waals surface area contributed by atoms with Crippen molar-refractivity contribution in [3.63, 3.8) is 0 Å². The van der Waals surface area contributed by atoms with Gasteiger partial charge in [0.1, 0.15) is 12.1 Å². The average molecular weight is 424 g/mol. The van der Waals surface area contributed by atoms with Gasteiger partial charge in [-0.05, 0) is 34.1 Å². The van der Waals surface area contributed by atoms with Gasteiger partial charge in [-0.1, -0.05) is 6.58 Å². The maximum Gasteiger partial charge on any atom is 0.364 e. The first kappa shape index (κ1) is 23.5. The smallest absolute Gasteiger partial charge is 0.364 e. The number of imide groups is 1. The minimum atomic E-state index is -1.43. The summed E-state index contributed by atoms with van der Waals surface area (Å²) in [5.74, 6) is -2.76. The highest BCUT2D eigenvalue weighted by molar-refractivity contribution is 6.01. The van der Waals surface area contributed by atoms with Crippen LogP contribution in [0.1, 0.15) is 59.8 Å². The number of ether oxygens (including phenoxy) is 2. The van der Waals surface area contributed by atoms with E-state index in [1.165, 1.54) is 18.7 Å². The number of allylic oxidation sites excluding steroid dienone is 1. The molecule has 2 fully saturated rings. The molecule has 10 heteroatoms. The van der Waals surface area contributed by atoms with Gasteiger partial charge in [-0.2, -0.15) is 0 Å². The van der Waals surface area contributed by atoms with Crippen LogP contribution in [-0.4, -0.2) is 64.0 Å². The number of rotatable bonds is 9. The maximum atomic E-state index is 12.3. The standard InChI is InChI=1S/C20H28N2O8/c1-13-6-7-14(23)21(13)12-17(26)29-19(2,3)10-11-28-20(4,5)18(27)30-22-15(24)8-9-16(22)25/h1,6-12H2,2-5H3. The molecule has 10 nitrogen and oxygen atoms in total. The molecule has 3 amide bonds. The van der Waals surface area contributed by atoms with Gasteiger partial charge in [0.2, 0.25) is 5.91 Å². The Hall–Kier alpha value is -2.75. The number of hydrogen-bond donors (Lipinski definition) is 0. The molecule has 0 spiro atoms. The third-order valence-electron chi connectivity index (χ3n) is 4.83. The highest BCUT2D eigenvalue weighted by atomic mass is 16.7. The molecule has 2 rings (SSSR count). The first-order chi connectivity index (χ1) is 13.8. The number of amides is 3. The van der Waals surface area contributed by atoms with E-state index in [0.29, 0.717) is 23.6 Å². The van der Waals surface area contributed by atoms with Gasteiger partial charge in [0.15, 0.2) is 5.60 Å². The Kier molecular flexibility index (Phi) is 7.02. The maximum absolute atomic E-state index is 12.3. The lowest BCUT2D eigenvalue weighted by Gasteiger charge is -2.29. The molecule has 0 bridgehead atoms. The molecular formula is C20H28N2O8. The second kappa shape index (κ2) is 8.95. The van der Waals surface area contributed by atoms with E-state index in [0.717, 1.165) is 0 Å². The molecule has 0 aromatic heterocycles. The summed E-state index contributed by atoms with van der Waals surface area (Å²) in [7, 11) is 0. The Morgan fingerprint density at radius 3 is 2.07 bits per heavy atom. The molecule has 0 atom stereocenters. The van der Waals surface area contributed by atoms with Crippen LogP contribution in [0.2, 0.25) is 0 Å². The number of carbonyl (C=O) groups is 5. The van der Waals surface area contributed by atoms with Crippen LogP contribution in [-0.2, 0) is 38.3 Å². The fourth-order valence-electron chi connectivity index (χ4n) is 2.88. The van der Waals surface area contributed by atoms with Gasteiger partial charge in [-0.3, -0.25) is 19.2 Å². The van der Waals surface area contributed by atoms with Gasteiger partial charge in [0.25, 0.3) is 11.8 Å². The van der Waals surface area contributed by atoms with Crippen molar-refractivity contribution in [2.75, 3.05) is 13.2 Å². The van der Waals surface area contributed by atoms with Gasteiger partial charge >= 0.3 is 11.9 Å². The van der Waals surface area contributed by atoms with E-state index >= 15 is 0 Å². The third-order valence-corrected chi connectivity index (χ3v) is 4.83. The van der Waals surface area contributed by atoms with E-state index in [9.17, 15) is 24.0 Å². The molecule has 0 aliphatic carbocycles. The van der Waals surface area contributed by atoms with Crippen molar-refractivity contribution < 1.29 is 38.3 Å². The molecule has 2 aliphatic rings. The number of nitrogens with zero attached hydrogens (tertiary/aromatic N) is 2. The van der Waals surface area contributed by atoms with Crippen LogP contribution in [0.5, 0.6) is 0 Å². The molecule has 0 aromatic carbocycles. The first-order valence-corrected chi connectivity index (χ1v) is 9.74. The highest BCUT2D eigenvalue weighted by Gasteiger charge is 2.39. The van der Waals surface area contributed by atoms with Crippen molar-refractivity contribution in [3.05, 3.63) is 12.3 Å². The molecule has 2 aliphatic heterocycles. The predicted octanol–water partition coefficient (Wildman–Crippen LogP) is 1.24. The summed E-state index contributed by atoms with van der Waals surface area (Å²) in [6.45, 7) is 9.87. The van der Waals surface area contributed by atoms with Crippen LogP contribution < -0.4 is 0 Å². The summed E-state index contributed by atoms with van der Waals surface area (Å²) in [6.07, 6.45) is 1.13. The summed E-state index contributed by atoms with van der Waals surface area (Å²) in [5.41, 5.74) is -1.75. The van der Waals surface area contributed by atoms with Gasteiger partial charge < -0.3 is 19.2 Å². The predicted molar refractivity (Wildman–Crippen MR) is 102 cm³/mol. The molecule has 30 heavy (non-hydrogen) atoms. The van der Waals surface area contributed by atoms with Crippen LogP contribution in [0.4, 0.5) is 0 Å². The molecule has 0 radical (unpaired) electrons. The average Bonchev–Trinajstić information content (AvgIpc) is 3.10. The van der Waals surface area contributed by atoms with Crippen LogP contribution in [0.15, 0.2) is 12.3 Å². The van der Waals surface area contributed by atoms with Crippen LogP contribution in [0.3, 0.4) is 0 Å². The van der Waals surface area contributed by atoms with Crippen molar-refractivity contribution >= 4 is 29.7 Å². The van der Waals surface area contributed by atoms with Gasteiger partial charge in [0, 0.05) is 31.4 Å². The summed E-state index contributed by atoms with van der Waals surface area (Å²) in [6, 6.07) is 0. The number of esters is 1. The van der Waals surface area contributed by atoms with Crippen molar-refractivity contribution in [2.45, 2.75) is 71.0 Å². The fourth-order valence-corrected chi connectivity index (χ4v) is 2.88. The Morgan fingerprint density at radius 2 is 1.53 bits per heavy atom. The zero-order valence-electron chi connectivity index (χ0n) is 17.8. The van der Waals surface area contributed by atoms with E-state index in [1.807, 2.05) is 0 Å². The van der Waals surface area contributed by atoms with Gasteiger partial charge in [-0.25, -0.2) is 4.79 Å². The van der Waals surface area contributed by atoms with E-state index in [-0.39, 0.29) is 38.3 Å². The fraction of sp³-hybridized carbons (Fsp3) is 0.650. The number of likely N-dealkylation sites (tertiary alicyclic amines) is 1. The summed E-state index contributed by atoms with van der Waals surface area (Å²) >= 11 is 0. The largest absolute Gasteiger partial charge is 0.458 e. The molecule has 0 N–H and O–H groups in total. The van der Waals surface area contributed by atoms with E-state index in [4.69, 9.17) is 14.3 Å². The molecule has 0 aromatic rings. The summed E-state index contributed by atoms with van der Waals surface area (Å²) in [4.78, 5) is 65.5. The van der Waals surface area contributed by atoms with Crippen LogP contribution in [0.25, 0.3) is 0 Å². The monoisotopic (exact) mass is 424 g/mol. The van der Waals surface area contributed by atoms with Gasteiger partial charge in [-0.15, -0.1) is 5.06 Å². The quantitative estimate of drug-likeness (QED) is 0.400. The minimum Gasteiger partial charge on any atom is -0.458 e. The van der Waals surface area contributed by atoms with E-state index in [1.54, 1.807) is 13.8 Å². The van der Waals surface area contributed by atoms with Crippen molar-refractivity contribution in [2.24, 2.45) is 0 Å². The second-order valence-corrected chi connectivity index (χ2v) is 8.35. The zero-order chi connectivity index (χ0) is 22.7. The number of hydroxylamine groups is 2. The van der Waals surface area contributed by atoms with E-state index in [2.05, 4.69) is 6.58 Å². The normalized spacial score (nSPS) is 17.7. The Morgan fingerprint density at radius 1 is 0.967 bits per heavy atom. The molecule has 2 saturated heterocycles. The molecular weight excluding hydrogens is 396 g/mol. The molecule has 166 valence electrons. The molecule has 0 saturated carbocycles. The summed E-state index contributed by atoms with van der Waals surface area (Å²) < 4.78 is 11.0. The van der Waals surface area contributed by atoms with Crippen LogP contribution in [0, 0.1) is 0 Å². The van der Waals surface area contributed by atoms with Crippen molar-refractivity contribution in [3.8, 4) is 0 Å². The first-order valence-electron chi connectivity index (χ1n) is 9.74. The van der Waals surface area contributed by atoms with Crippen LogP contribution >= 0.6 is 0 Å². The van der Waals surface area contributed by atoms with E-state index < -0.39 is 35.0 Å². The highest BCUT2D eigenvalue weighted by Crippen LogP contribution is 2.23.